The SMILES string of the molecule is CN=C(N=C(c1ccc2ccc3ccccc3c2c1)C1C=CC=CC1)c1cccc2oc3cccc(-c4cccc5c4sc4c6ccccc6ccc54)c3c12. The first kappa shape index (κ1) is 31.9. The number of benzene rings is 8. The quantitative estimate of drug-likeness (QED) is 0.101. The van der Waals surface area contributed by atoms with Crippen molar-refractivity contribution < 1.29 is 4.42 Å². The van der Waals surface area contributed by atoms with Gasteiger partial charge in [0.25, 0.3) is 0 Å². The van der Waals surface area contributed by atoms with Crippen LogP contribution in [-0.4, -0.2) is 18.6 Å². The second-order valence-corrected chi connectivity index (χ2v) is 15.3. The van der Waals surface area contributed by atoms with Crippen molar-refractivity contribution in [1.29, 1.82) is 0 Å². The summed E-state index contributed by atoms with van der Waals surface area (Å²) >= 11 is 1.88. The van der Waals surface area contributed by atoms with Crippen molar-refractivity contribution in [3.05, 3.63) is 181 Å². The summed E-state index contributed by atoms with van der Waals surface area (Å²) in [6.07, 6.45) is 9.62. The highest BCUT2D eigenvalue weighted by Crippen LogP contribution is 2.46. The lowest BCUT2D eigenvalue weighted by Crippen LogP contribution is -2.17. The van der Waals surface area contributed by atoms with E-state index >= 15 is 0 Å². The van der Waals surface area contributed by atoms with Crippen LogP contribution in [-0.2, 0) is 0 Å². The first-order valence-corrected chi connectivity index (χ1v) is 19.6. The van der Waals surface area contributed by atoms with Crippen LogP contribution in [0.1, 0.15) is 17.5 Å². The van der Waals surface area contributed by atoms with Crippen LogP contribution in [0.2, 0.25) is 0 Å². The number of amidine groups is 1. The van der Waals surface area contributed by atoms with E-state index in [1.807, 2.05) is 18.4 Å². The largest absolute Gasteiger partial charge is 0.456 e. The van der Waals surface area contributed by atoms with Crippen LogP contribution in [0.4, 0.5) is 0 Å². The zero-order valence-electron chi connectivity index (χ0n) is 30.2. The third-order valence-electron chi connectivity index (χ3n) is 11.3. The van der Waals surface area contributed by atoms with Crippen molar-refractivity contribution >= 4 is 97.3 Å². The van der Waals surface area contributed by atoms with E-state index in [2.05, 4.69) is 170 Å². The van der Waals surface area contributed by atoms with E-state index in [0.717, 1.165) is 50.8 Å². The number of rotatable bonds is 4. The molecule has 0 saturated heterocycles. The monoisotopic (exact) mass is 722 g/mol. The molecule has 11 rings (SSSR count). The molecule has 3 nitrogen and oxygen atoms in total. The molecule has 1 aliphatic rings. The Kier molecular flexibility index (Phi) is 7.39. The topological polar surface area (TPSA) is 37.9 Å². The Bertz CT molecular complexity index is 3320. The van der Waals surface area contributed by atoms with Crippen LogP contribution in [0.25, 0.3) is 85.6 Å². The summed E-state index contributed by atoms with van der Waals surface area (Å²) in [5.74, 6) is 0.789. The van der Waals surface area contributed by atoms with E-state index in [4.69, 9.17) is 14.4 Å². The van der Waals surface area contributed by atoms with Gasteiger partial charge in [0.2, 0.25) is 0 Å². The van der Waals surface area contributed by atoms with Gasteiger partial charge in [-0.1, -0.05) is 152 Å². The van der Waals surface area contributed by atoms with Crippen molar-refractivity contribution in [3.8, 4) is 11.1 Å². The van der Waals surface area contributed by atoms with Gasteiger partial charge in [0, 0.05) is 55.0 Å². The molecule has 4 heteroatoms. The number of allylic oxidation sites excluding steroid dienone is 4. The van der Waals surface area contributed by atoms with Crippen molar-refractivity contribution in [1.82, 2.24) is 0 Å². The van der Waals surface area contributed by atoms with E-state index in [1.54, 1.807) is 0 Å². The lowest BCUT2D eigenvalue weighted by Gasteiger charge is -2.18. The Morgan fingerprint density at radius 3 is 2.09 bits per heavy atom. The molecule has 8 aromatic carbocycles. The molecule has 0 spiro atoms. The van der Waals surface area contributed by atoms with Crippen LogP contribution in [0.5, 0.6) is 0 Å². The van der Waals surface area contributed by atoms with Crippen molar-refractivity contribution in [3.63, 3.8) is 0 Å². The average Bonchev–Trinajstić information content (AvgIpc) is 3.84. The number of furan rings is 1. The minimum Gasteiger partial charge on any atom is -0.456 e. The van der Waals surface area contributed by atoms with Gasteiger partial charge in [-0.15, -0.1) is 11.3 Å². The second kappa shape index (κ2) is 12.8. The van der Waals surface area contributed by atoms with Crippen LogP contribution >= 0.6 is 11.3 Å². The molecule has 10 aromatic rings. The van der Waals surface area contributed by atoms with Crippen LogP contribution in [0, 0.1) is 5.92 Å². The summed E-state index contributed by atoms with van der Waals surface area (Å²) in [5.41, 5.74) is 7.08. The Morgan fingerprint density at radius 1 is 0.582 bits per heavy atom. The van der Waals surface area contributed by atoms with Gasteiger partial charge in [0.05, 0.1) is 5.71 Å². The van der Waals surface area contributed by atoms with Gasteiger partial charge in [-0.3, -0.25) is 4.99 Å². The molecule has 2 heterocycles. The lowest BCUT2D eigenvalue weighted by molar-refractivity contribution is 0.669. The van der Waals surface area contributed by atoms with E-state index in [1.165, 1.54) is 58.1 Å². The summed E-state index contributed by atoms with van der Waals surface area (Å²) < 4.78 is 9.25. The fraction of sp³-hybridized carbons (Fsp3) is 0.0588. The first-order valence-electron chi connectivity index (χ1n) is 18.8. The Hall–Kier alpha value is -6.62. The Balaban J connectivity index is 1.13. The second-order valence-electron chi connectivity index (χ2n) is 14.3. The van der Waals surface area contributed by atoms with Crippen molar-refractivity contribution in [2.75, 3.05) is 7.05 Å². The number of hydrogen-bond acceptors (Lipinski definition) is 3. The Morgan fingerprint density at radius 2 is 1.25 bits per heavy atom. The summed E-state index contributed by atoms with van der Waals surface area (Å²) in [5, 5.41) is 12.2. The molecule has 2 aromatic heterocycles. The molecular formula is C51H34N2OS. The average molecular weight is 723 g/mol. The molecule has 0 amide bonds. The molecule has 0 saturated carbocycles. The normalized spacial score (nSPS) is 15.2. The van der Waals surface area contributed by atoms with Crippen molar-refractivity contribution in [2.45, 2.75) is 6.42 Å². The van der Waals surface area contributed by atoms with Gasteiger partial charge in [-0.2, -0.15) is 0 Å². The predicted octanol–water partition coefficient (Wildman–Crippen LogP) is 14.1. The molecule has 1 aliphatic carbocycles. The highest BCUT2D eigenvalue weighted by atomic mass is 32.1. The lowest BCUT2D eigenvalue weighted by atomic mass is 9.89. The zero-order chi connectivity index (χ0) is 36.5. The molecule has 1 unspecified atom stereocenters. The summed E-state index contributed by atoms with van der Waals surface area (Å²) in [4.78, 5) is 10.5. The van der Waals surface area contributed by atoms with Gasteiger partial charge < -0.3 is 4.42 Å². The number of fused-ring (bicyclic) bond motifs is 11. The Labute approximate surface area is 321 Å². The molecular weight excluding hydrogens is 689 g/mol. The van der Waals surface area contributed by atoms with Gasteiger partial charge >= 0.3 is 0 Å². The molecule has 260 valence electrons. The molecule has 0 bridgehead atoms. The minimum absolute atomic E-state index is 0.103. The van der Waals surface area contributed by atoms with Gasteiger partial charge in [-0.05, 0) is 68.1 Å². The smallest absolute Gasteiger partial charge is 0.155 e. The zero-order valence-corrected chi connectivity index (χ0v) is 31.0. The third-order valence-corrected chi connectivity index (χ3v) is 12.5. The minimum atomic E-state index is 0.103. The summed E-state index contributed by atoms with van der Waals surface area (Å²) in [7, 11) is 1.85. The van der Waals surface area contributed by atoms with Gasteiger partial charge in [-0.25, -0.2) is 4.99 Å². The highest BCUT2D eigenvalue weighted by molar-refractivity contribution is 7.27. The van der Waals surface area contributed by atoms with E-state index < -0.39 is 0 Å². The maximum atomic E-state index is 6.65. The molecule has 0 aliphatic heterocycles. The van der Waals surface area contributed by atoms with Crippen LogP contribution in [0.3, 0.4) is 0 Å². The van der Waals surface area contributed by atoms with Crippen LogP contribution in [0.15, 0.2) is 184 Å². The third kappa shape index (κ3) is 5.10. The summed E-state index contributed by atoms with van der Waals surface area (Å²) in [6, 6.07) is 52.4. The fourth-order valence-electron chi connectivity index (χ4n) is 8.67. The standard InChI is InChI=1S/C51H34N2OS/c1-52-51(53-48(34-14-3-2-4-15-34)35-27-26-33-25-24-31-12-5-7-16-36(31)43(33)30-35)42-21-11-23-45-47(42)46-38(18-10-22-44(46)54-45)39-19-9-20-40-41-29-28-32-13-6-8-17-37(32)49(41)55-50(39)40/h2-14,16-30,34H,15H2,1H3. The molecule has 0 N–H and O–H groups in total. The molecule has 1 atom stereocenters. The first-order chi connectivity index (χ1) is 27.2. The number of hydrogen-bond donors (Lipinski definition) is 0. The molecule has 0 radical (unpaired) electrons. The highest BCUT2D eigenvalue weighted by Gasteiger charge is 2.23. The van der Waals surface area contributed by atoms with Gasteiger partial charge in [0.15, 0.2) is 5.84 Å². The molecule has 0 fully saturated rings. The fourth-order valence-corrected chi connectivity index (χ4v) is 10.0. The van der Waals surface area contributed by atoms with E-state index in [-0.39, 0.29) is 5.92 Å². The predicted molar refractivity (Wildman–Crippen MR) is 236 cm³/mol. The number of nitrogens with zero attached hydrogens (tertiary/aromatic N) is 2. The van der Waals surface area contributed by atoms with Crippen molar-refractivity contribution in [2.24, 2.45) is 15.9 Å². The molecule has 55 heavy (non-hydrogen) atoms. The number of aliphatic imine (C=N–C) groups is 2. The maximum absolute atomic E-state index is 6.65. The number of thiophene rings is 1. The summed E-state index contributed by atoms with van der Waals surface area (Å²) in [6.45, 7) is 0. The van der Waals surface area contributed by atoms with E-state index in [9.17, 15) is 0 Å². The maximum Gasteiger partial charge on any atom is 0.155 e. The van der Waals surface area contributed by atoms with Crippen LogP contribution < -0.4 is 0 Å². The van der Waals surface area contributed by atoms with E-state index in [0.29, 0.717) is 5.84 Å². The van der Waals surface area contributed by atoms with Gasteiger partial charge in [0.1, 0.15) is 11.2 Å².